The second-order valence-electron chi connectivity index (χ2n) is 7.51. The van der Waals surface area contributed by atoms with Crippen LogP contribution in [0.5, 0.6) is 23.0 Å². The molecule has 4 aromatic carbocycles. The number of halogens is 2. The van der Waals surface area contributed by atoms with Crippen molar-refractivity contribution in [2.24, 2.45) is 4.99 Å². The number of anilines is 1. The highest BCUT2D eigenvalue weighted by Gasteiger charge is 2.09. The fraction of sp³-hybridized carbons (Fsp3) is 0.0714. The van der Waals surface area contributed by atoms with Gasteiger partial charge in [-0.3, -0.25) is 9.79 Å². The second kappa shape index (κ2) is 11.9. The minimum absolute atomic E-state index is 0.0862. The van der Waals surface area contributed by atoms with Crippen molar-refractivity contribution >= 4 is 35.1 Å². The minimum Gasteiger partial charge on any atom is -0.493 e. The van der Waals surface area contributed by atoms with Crippen molar-refractivity contribution in [2.75, 3.05) is 19.0 Å². The highest BCUT2D eigenvalue weighted by Crippen LogP contribution is 2.31. The molecule has 4 rings (SSSR count). The molecule has 0 saturated heterocycles. The molecule has 0 aliphatic heterocycles. The van der Waals surface area contributed by atoms with Crippen LogP contribution < -0.4 is 19.5 Å². The highest BCUT2D eigenvalue weighted by molar-refractivity contribution is 6.32. The fourth-order valence-corrected chi connectivity index (χ4v) is 3.43. The molecule has 4 aromatic rings. The van der Waals surface area contributed by atoms with E-state index in [1.54, 1.807) is 43.7 Å². The van der Waals surface area contributed by atoms with E-state index < -0.39 is 11.7 Å². The van der Waals surface area contributed by atoms with Crippen LogP contribution in [0.4, 0.5) is 15.8 Å². The topological polar surface area (TPSA) is 69.1 Å². The van der Waals surface area contributed by atoms with Crippen LogP contribution in [0.25, 0.3) is 0 Å². The van der Waals surface area contributed by atoms with Gasteiger partial charge in [0.25, 0.3) is 5.91 Å². The number of carbonyl (C=O) groups excluding carboxylic acids is 1. The number of amides is 1. The number of para-hydroxylation sites is 3. The van der Waals surface area contributed by atoms with Crippen LogP contribution in [0.2, 0.25) is 5.02 Å². The lowest BCUT2D eigenvalue weighted by atomic mass is 10.2. The van der Waals surface area contributed by atoms with Crippen LogP contribution in [0.15, 0.2) is 96.0 Å². The van der Waals surface area contributed by atoms with Gasteiger partial charge in [-0.1, -0.05) is 35.9 Å². The summed E-state index contributed by atoms with van der Waals surface area (Å²) < 4.78 is 30.3. The lowest BCUT2D eigenvalue weighted by molar-refractivity contribution is -0.118. The van der Waals surface area contributed by atoms with E-state index in [9.17, 15) is 9.18 Å². The zero-order chi connectivity index (χ0) is 25.3. The summed E-state index contributed by atoms with van der Waals surface area (Å²) in [4.78, 5) is 16.5. The lowest BCUT2D eigenvalue weighted by Crippen LogP contribution is -2.20. The first-order valence-corrected chi connectivity index (χ1v) is 11.3. The van der Waals surface area contributed by atoms with Gasteiger partial charge in [-0.05, 0) is 72.3 Å². The first-order chi connectivity index (χ1) is 17.5. The van der Waals surface area contributed by atoms with Crippen molar-refractivity contribution in [1.29, 1.82) is 0 Å². The number of nitrogens with zero attached hydrogens (tertiary/aromatic N) is 1. The summed E-state index contributed by atoms with van der Waals surface area (Å²) in [5.41, 5.74) is 1.56. The van der Waals surface area contributed by atoms with Gasteiger partial charge in [0.05, 0.1) is 23.5 Å². The summed E-state index contributed by atoms with van der Waals surface area (Å²) in [6.07, 6.45) is 1.66. The number of benzene rings is 4. The lowest BCUT2D eigenvalue weighted by Gasteiger charge is -2.10. The van der Waals surface area contributed by atoms with Crippen molar-refractivity contribution in [3.63, 3.8) is 0 Å². The van der Waals surface area contributed by atoms with E-state index in [1.165, 1.54) is 12.1 Å². The van der Waals surface area contributed by atoms with Gasteiger partial charge >= 0.3 is 0 Å². The minimum atomic E-state index is -0.522. The van der Waals surface area contributed by atoms with E-state index in [-0.39, 0.29) is 12.3 Å². The number of rotatable bonds is 9. The Morgan fingerprint density at radius 1 is 0.944 bits per heavy atom. The molecule has 182 valence electrons. The Hall–Kier alpha value is -4.36. The average molecular weight is 505 g/mol. The Balaban J connectivity index is 1.33. The number of nitrogens with one attached hydrogen (secondary N) is 1. The predicted molar refractivity (Wildman–Crippen MR) is 139 cm³/mol. The molecule has 0 aromatic heterocycles. The van der Waals surface area contributed by atoms with Crippen LogP contribution in [-0.4, -0.2) is 25.8 Å². The largest absolute Gasteiger partial charge is 0.493 e. The first-order valence-electron chi connectivity index (χ1n) is 10.9. The summed E-state index contributed by atoms with van der Waals surface area (Å²) in [5.74, 6) is 1.23. The van der Waals surface area contributed by atoms with Crippen LogP contribution >= 0.6 is 11.6 Å². The molecule has 0 aliphatic carbocycles. The van der Waals surface area contributed by atoms with E-state index in [2.05, 4.69) is 10.3 Å². The molecule has 1 N–H and O–H groups in total. The standard InChI is InChI=1S/C28H22ClFN2O4/c1-34-26-8-4-5-9-27(26)36-21-13-11-20(12-14-21)31-17-19-10-15-25(22(29)16-19)35-18-28(33)32-24-7-3-2-6-23(24)30/h2-17H,18H2,1H3,(H,32,33). The fourth-order valence-electron chi connectivity index (χ4n) is 3.19. The van der Waals surface area contributed by atoms with Gasteiger partial charge < -0.3 is 19.5 Å². The average Bonchev–Trinajstić information content (AvgIpc) is 2.89. The van der Waals surface area contributed by atoms with Crippen molar-refractivity contribution in [2.45, 2.75) is 0 Å². The molecular formula is C28H22ClFN2O4. The van der Waals surface area contributed by atoms with Gasteiger partial charge in [-0.2, -0.15) is 0 Å². The molecule has 0 heterocycles. The van der Waals surface area contributed by atoms with E-state index in [4.69, 9.17) is 25.8 Å². The van der Waals surface area contributed by atoms with Gasteiger partial charge in [-0.25, -0.2) is 4.39 Å². The number of hydrogen-bond donors (Lipinski definition) is 1. The monoisotopic (exact) mass is 504 g/mol. The molecule has 0 spiro atoms. The van der Waals surface area contributed by atoms with E-state index in [1.807, 2.05) is 48.5 Å². The summed E-state index contributed by atoms with van der Waals surface area (Å²) in [6.45, 7) is -0.315. The summed E-state index contributed by atoms with van der Waals surface area (Å²) in [6, 6.07) is 25.7. The van der Waals surface area contributed by atoms with Crippen molar-refractivity contribution in [3.05, 3.63) is 107 Å². The quantitative estimate of drug-likeness (QED) is 0.248. The van der Waals surface area contributed by atoms with E-state index >= 15 is 0 Å². The molecule has 0 saturated carbocycles. The Morgan fingerprint density at radius 3 is 2.39 bits per heavy atom. The van der Waals surface area contributed by atoms with Gasteiger partial charge in [0.1, 0.15) is 17.3 Å². The van der Waals surface area contributed by atoms with Crippen molar-refractivity contribution in [3.8, 4) is 23.0 Å². The molecule has 0 bridgehead atoms. The normalized spacial score (nSPS) is 10.8. The summed E-state index contributed by atoms with van der Waals surface area (Å²) >= 11 is 6.30. The van der Waals surface area contributed by atoms with Crippen molar-refractivity contribution < 1.29 is 23.4 Å². The predicted octanol–water partition coefficient (Wildman–Crippen LogP) is 7.05. The smallest absolute Gasteiger partial charge is 0.262 e. The first kappa shape index (κ1) is 24.8. The molecule has 36 heavy (non-hydrogen) atoms. The SMILES string of the molecule is COc1ccccc1Oc1ccc(N=Cc2ccc(OCC(=O)Nc3ccccc3F)c(Cl)c2)cc1. The molecule has 0 radical (unpaired) electrons. The van der Waals surface area contributed by atoms with E-state index in [0.717, 1.165) is 11.3 Å². The summed E-state index contributed by atoms with van der Waals surface area (Å²) in [7, 11) is 1.59. The van der Waals surface area contributed by atoms with Crippen LogP contribution in [-0.2, 0) is 4.79 Å². The third-order valence-electron chi connectivity index (χ3n) is 4.96. The number of carbonyl (C=O) groups is 1. The van der Waals surface area contributed by atoms with Crippen LogP contribution in [0.3, 0.4) is 0 Å². The number of hydrogen-bond acceptors (Lipinski definition) is 5. The Bertz CT molecular complexity index is 1380. The maximum Gasteiger partial charge on any atom is 0.262 e. The Kier molecular flexibility index (Phi) is 8.16. The maximum absolute atomic E-state index is 13.7. The molecule has 8 heteroatoms. The van der Waals surface area contributed by atoms with Crippen LogP contribution in [0.1, 0.15) is 5.56 Å². The van der Waals surface area contributed by atoms with E-state index in [0.29, 0.717) is 28.0 Å². The van der Waals surface area contributed by atoms with Gasteiger partial charge in [-0.15, -0.1) is 0 Å². The Labute approximate surface area is 212 Å². The number of methoxy groups -OCH3 is 1. The zero-order valence-corrected chi connectivity index (χ0v) is 20.0. The number of aliphatic imine (C=N–C) groups is 1. The second-order valence-corrected chi connectivity index (χ2v) is 7.92. The molecule has 0 fully saturated rings. The molecule has 0 aliphatic rings. The third-order valence-corrected chi connectivity index (χ3v) is 5.25. The molecular weight excluding hydrogens is 483 g/mol. The molecule has 1 amide bonds. The Morgan fingerprint density at radius 2 is 1.67 bits per heavy atom. The highest BCUT2D eigenvalue weighted by atomic mass is 35.5. The van der Waals surface area contributed by atoms with Gasteiger partial charge in [0.15, 0.2) is 18.1 Å². The third kappa shape index (κ3) is 6.61. The van der Waals surface area contributed by atoms with Gasteiger partial charge in [0.2, 0.25) is 0 Å². The zero-order valence-electron chi connectivity index (χ0n) is 19.3. The molecule has 0 unspecified atom stereocenters. The molecule has 6 nitrogen and oxygen atoms in total. The van der Waals surface area contributed by atoms with Crippen LogP contribution in [0, 0.1) is 5.82 Å². The van der Waals surface area contributed by atoms with Gasteiger partial charge in [0, 0.05) is 6.21 Å². The summed E-state index contributed by atoms with van der Waals surface area (Å²) in [5, 5.41) is 2.77. The van der Waals surface area contributed by atoms with Crippen molar-refractivity contribution in [1.82, 2.24) is 0 Å². The number of ether oxygens (including phenoxy) is 3. The maximum atomic E-state index is 13.7. The molecule has 0 atom stereocenters.